The molecule has 5 rings (SSSR count). The summed E-state index contributed by atoms with van der Waals surface area (Å²) in [6, 6.07) is 17.0. The highest BCUT2D eigenvalue weighted by Crippen LogP contribution is 2.27. The van der Waals surface area contributed by atoms with E-state index < -0.39 is 5.60 Å². The van der Waals surface area contributed by atoms with Gasteiger partial charge in [0.25, 0.3) is 0 Å². The van der Waals surface area contributed by atoms with Crippen molar-refractivity contribution in [3.63, 3.8) is 0 Å². The highest BCUT2D eigenvalue weighted by atomic mass is 32.1. The third kappa shape index (κ3) is 7.70. The van der Waals surface area contributed by atoms with Gasteiger partial charge in [0.1, 0.15) is 10.6 Å². The van der Waals surface area contributed by atoms with Crippen molar-refractivity contribution < 1.29 is 9.53 Å². The number of ether oxygens (including phenoxy) is 1. The normalized spacial score (nSPS) is 16.1. The summed E-state index contributed by atoms with van der Waals surface area (Å²) in [5, 5.41) is 7.70. The van der Waals surface area contributed by atoms with Crippen LogP contribution in [0.15, 0.2) is 67.3 Å². The molecular formula is C31H38N6O2S. The van der Waals surface area contributed by atoms with E-state index in [-0.39, 0.29) is 12.1 Å². The fourth-order valence-corrected chi connectivity index (χ4v) is 5.80. The first-order chi connectivity index (χ1) is 19.2. The maximum absolute atomic E-state index is 12.3. The zero-order chi connectivity index (χ0) is 28.1. The van der Waals surface area contributed by atoms with E-state index in [1.165, 1.54) is 16.0 Å². The largest absolute Gasteiger partial charge is 0.444 e. The second kappa shape index (κ2) is 12.2. The number of carbonyl (C=O) groups is 1. The van der Waals surface area contributed by atoms with Crippen LogP contribution >= 0.6 is 11.3 Å². The van der Waals surface area contributed by atoms with Gasteiger partial charge in [0.15, 0.2) is 0 Å². The Labute approximate surface area is 240 Å². The number of anilines is 1. The van der Waals surface area contributed by atoms with Crippen LogP contribution < -0.4 is 10.6 Å². The van der Waals surface area contributed by atoms with E-state index in [2.05, 4.69) is 72.5 Å². The summed E-state index contributed by atoms with van der Waals surface area (Å²) in [6.45, 7) is 10.9. The second-order valence-corrected chi connectivity index (χ2v) is 12.5. The number of aryl methyl sites for hydroxylation is 1. The molecule has 4 aromatic rings. The lowest BCUT2D eigenvalue weighted by molar-refractivity contribution is 0.0470. The average Bonchev–Trinajstić information content (AvgIpc) is 3.56. The number of nitrogens with zero attached hydrogens (tertiary/aromatic N) is 4. The fraction of sp³-hybridized carbons (Fsp3) is 0.387. The Morgan fingerprint density at radius 3 is 2.73 bits per heavy atom. The number of hydrogen-bond donors (Lipinski definition) is 2. The zero-order valence-electron chi connectivity index (χ0n) is 23.7. The molecule has 0 saturated carbocycles. The number of likely N-dealkylation sites (tertiary alicyclic amines) is 1. The number of nitrogens with one attached hydrogen (secondary N) is 2. The van der Waals surface area contributed by atoms with Crippen molar-refractivity contribution in [2.75, 3.05) is 18.4 Å². The first-order valence-electron chi connectivity index (χ1n) is 13.8. The Hall–Kier alpha value is -3.69. The molecule has 2 aromatic carbocycles. The van der Waals surface area contributed by atoms with E-state index in [0.29, 0.717) is 6.54 Å². The van der Waals surface area contributed by atoms with Crippen molar-refractivity contribution >= 4 is 23.1 Å². The minimum absolute atomic E-state index is 0.0735. The lowest BCUT2D eigenvalue weighted by atomic mass is 10.0. The van der Waals surface area contributed by atoms with E-state index >= 15 is 0 Å². The summed E-state index contributed by atoms with van der Waals surface area (Å²) in [4.78, 5) is 25.0. The third-order valence-corrected chi connectivity index (χ3v) is 7.72. The van der Waals surface area contributed by atoms with Crippen LogP contribution in [0.2, 0.25) is 0 Å². The molecule has 1 amide bonds. The molecule has 40 heavy (non-hydrogen) atoms. The van der Waals surface area contributed by atoms with Crippen LogP contribution in [0.1, 0.15) is 49.9 Å². The molecule has 0 radical (unpaired) electrons. The van der Waals surface area contributed by atoms with Gasteiger partial charge in [0, 0.05) is 42.9 Å². The van der Waals surface area contributed by atoms with Crippen molar-refractivity contribution in [1.29, 1.82) is 0 Å². The Bertz CT molecular complexity index is 1430. The predicted octanol–water partition coefficient (Wildman–Crippen LogP) is 6.41. The summed E-state index contributed by atoms with van der Waals surface area (Å²) in [5.41, 5.74) is 4.96. The van der Waals surface area contributed by atoms with Gasteiger partial charge in [0.2, 0.25) is 0 Å². The zero-order valence-corrected chi connectivity index (χ0v) is 24.5. The smallest absolute Gasteiger partial charge is 0.407 e. The molecule has 0 unspecified atom stereocenters. The number of thiazole rings is 1. The summed E-state index contributed by atoms with van der Waals surface area (Å²) < 4.78 is 7.54. The Balaban J connectivity index is 1.28. The lowest BCUT2D eigenvalue weighted by Gasteiger charge is -2.33. The summed E-state index contributed by atoms with van der Waals surface area (Å²) in [7, 11) is 0. The van der Waals surface area contributed by atoms with E-state index in [0.717, 1.165) is 54.6 Å². The summed E-state index contributed by atoms with van der Waals surface area (Å²) >= 11 is 1.71. The standard InChI is InChI=1S/C31H38N6O2S/c1-22-18-37(21-34-22)27-14-23(19-36-12-8-11-25(20-36)35-30(38)39-31(2,3)4)13-26(15-27)32-17-29-33-16-28(40-29)24-9-6-5-7-10-24/h5-7,9-10,13-16,18,21,25,32H,8,11-12,17,19-20H2,1-4H3,(H,35,38)/t25-/m0/s1. The van der Waals surface area contributed by atoms with Crippen LogP contribution in [-0.4, -0.2) is 50.3 Å². The lowest BCUT2D eigenvalue weighted by Crippen LogP contribution is -2.48. The van der Waals surface area contributed by atoms with Gasteiger partial charge >= 0.3 is 6.09 Å². The molecule has 0 aliphatic carbocycles. The minimum Gasteiger partial charge on any atom is -0.444 e. The summed E-state index contributed by atoms with van der Waals surface area (Å²) in [6.07, 6.45) is 7.48. The van der Waals surface area contributed by atoms with Crippen molar-refractivity contribution in [1.82, 2.24) is 24.8 Å². The van der Waals surface area contributed by atoms with E-state index in [1.807, 2.05) is 52.5 Å². The van der Waals surface area contributed by atoms with Crippen molar-refractivity contribution in [2.45, 2.75) is 65.3 Å². The molecule has 2 N–H and O–H groups in total. The monoisotopic (exact) mass is 558 g/mol. The molecule has 1 fully saturated rings. The van der Waals surface area contributed by atoms with Crippen molar-refractivity contribution in [2.24, 2.45) is 0 Å². The van der Waals surface area contributed by atoms with Crippen molar-refractivity contribution in [3.8, 4) is 16.1 Å². The van der Waals surface area contributed by atoms with Crippen molar-refractivity contribution in [3.05, 3.63) is 83.5 Å². The first-order valence-corrected chi connectivity index (χ1v) is 14.6. The van der Waals surface area contributed by atoms with Gasteiger partial charge in [-0.2, -0.15) is 0 Å². The highest BCUT2D eigenvalue weighted by Gasteiger charge is 2.24. The molecule has 8 nitrogen and oxygen atoms in total. The SMILES string of the molecule is Cc1cn(-c2cc(CN3CCC[C@H](NC(=O)OC(C)(C)C)C3)cc(NCc3ncc(-c4ccccc4)s3)c2)cn1. The van der Waals surface area contributed by atoms with Gasteiger partial charge in [0.05, 0.1) is 23.4 Å². The molecule has 9 heteroatoms. The van der Waals surface area contributed by atoms with Crippen LogP contribution in [0.25, 0.3) is 16.1 Å². The predicted molar refractivity (Wildman–Crippen MR) is 161 cm³/mol. The Morgan fingerprint density at radius 1 is 1.15 bits per heavy atom. The number of piperidine rings is 1. The fourth-order valence-electron chi connectivity index (χ4n) is 4.93. The van der Waals surface area contributed by atoms with Gasteiger partial charge < -0.3 is 19.9 Å². The quantitative estimate of drug-likeness (QED) is 0.260. The number of hydrogen-bond acceptors (Lipinski definition) is 7. The molecule has 1 aliphatic heterocycles. The number of alkyl carbamates (subject to hydrolysis) is 1. The number of carbonyl (C=O) groups excluding carboxylic acids is 1. The maximum atomic E-state index is 12.3. The molecule has 3 heterocycles. The molecule has 2 aromatic heterocycles. The van der Waals surface area contributed by atoms with Gasteiger partial charge in [-0.1, -0.05) is 30.3 Å². The molecule has 0 bridgehead atoms. The molecule has 210 valence electrons. The van der Waals surface area contributed by atoms with Crippen LogP contribution in [0.5, 0.6) is 0 Å². The average molecular weight is 559 g/mol. The topological polar surface area (TPSA) is 84.3 Å². The van der Waals surface area contributed by atoms with Crippen LogP contribution in [-0.2, 0) is 17.8 Å². The number of benzene rings is 2. The van der Waals surface area contributed by atoms with Gasteiger partial charge in [-0.25, -0.2) is 14.8 Å². The molecular weight excluding hydrogens is 520 g/mol. The van der Waals surface area contributed by atoms with Crippen LogP contribution in [0.3, 0.4) is 0 Å². The van der Waals surface area contributed by atoms with Crippen LogP contribution in [0, 0.1) is 6.92 Å². The number of amides is 1. The molecule has 1 saturated heterocycles. The van der Waals surface area contributed by atoms with Gasteiger partial charge in [-0.05, 0) is 76.4 Å². The third-order valence-electron chi connectivity index (χ3n) is 6.68. The summed E-state index contributed by atoms with van der Waals surface area (Å²) in [5.74, 6) is 0. The van der Waals surface area contributed by atoms with Crippen LogP contribution in [0.4, 0.5) is 10.5 Å². The Morgan fingerprint density at radius 2 is 1.98 bits per heavy atom. The van der Waals surface area contributed by atoms with Gasteiger partial charge in [-0.3, -0.25) is 4.90 Å². The van der Waals surface area contributed by atoms with E-state index in [9.17, 15) is 4.79 Å². The van der Waals surface area contributed by atoms with Gasteiger partial charge in [-0.15, -0.1) is 11.3 Å². The second-order valence-electron chi connectivity index (χ2n) is 11.4. The molecule has 1 atom stereocenters. The first kappa shape index (κ1) is 27.9. The van der Waals surface area contributed by atoms with E-state index in [4.69, 9.17) is 4.74 Å². The minimum atomic E-state index is -0.504. The number of rotatable bonds is 8. The highest BCUT2D eigenvalue weighted by molar-refractivity contribution is 7.15. The number of aromatic nitrogens is 3. The van der Waals surface area contributed by atoms with E-state index in [1.54, 1.807) is 11.3 Å². The maximum Gasteiger partial charge on any atom is 0.407 e. The molecule has 0 spiro atoms. The Kier molecular flexibility index (Phi) is 8.52. The molecule has 1 aliphatic rings. The number of imidazole rings is 1.